The summed E-state index contributed by atoms with van der Waals surface area (Å²) in [5.74, 6) is 0. The lowest BCUT2D eigenvalue weighted by Gasteiger charge is -2.24. The number of anilines is 1. The average Bonchev–Trinajstić information content (AvgIpc) is 2.40. The summed E-state index contributed by atoms with van der Waals surface area (Å²) >= 11 is 0. The van der Waals surface area contributed by atoms with E-state index in [0.717, 1.165) is 32.7 Å². The van der Waals surface area contributed by atoms with E-state index < -0.39 is 0 Å². The van der Waals surface area contributed by atoms with Gasteiger partial charge in [0.05, 0.1) is 13.2 Å². The molecular formula is C14H22N2O. The van der Waals surface area contributed by atoms with Crippen LogP contribution in [-0.4, -0.2) is 32.3 Å². The Hall–Kier alpha value is -1.06. The fourth-order valence-corrected chi connectivity index (χ4v) is 2.07. The minimum Gasteiger partial charge on any atom is -0.383 e. The number of benzene rings is 1. The molecule has 1 fully saturated rings. The van der Waals surface area contributed by atoms with Crippen molar-refractivity contribution in [2.75, 3.05) is 31.6 Å². The summed E-state index contributed by atoms with van der Waals surface area (Å²) < 4.78 is 5.42. The molecule has 0 saturated carbocycles. The molecule has 1 unspecified atom stereocenters. The van der Waals surface area contributed by atoms with Crippen LogP contribution >= 0.6 is 0 Å². The van der Waals surface area contributed by atoms with Gasteiger partial charge in [0.2, 0.25) is 0 Å². The van der Waals surface area contributed by atoms with Gasteiger partial charge in [0, 0.05) is 24.8 Å². The van der Waals surface area contributed by atoms with Crippen molar-refractivity contribution in [1.82, 2.24) is 5.32 Å². The quantitative estimate of drug-likeness (QED) is 0.818. The van der Waals surface area contributed by atoms with Crippen LogP contribution in [0.3, 0.4) is 0 Å². The van der Waals surface area contributed by atoms with Crippen LogP contribution in [0.4, 0.5) is 5.69 Å². The number of rotatable bonds is 5. The van der Waals surface area contributed by atoms with E-state index in [4.69, 9.17) is 4.74 Å². The van der Waals surface area contributed by atoms with E-state index >= 15 is 0 Å². The van der Waals surface area contributed by atoms with Crippen molar-refractivity contribution in [2.45, 2.75) is 25.8 Å². The summed E-state index contributed by atoms with van der Waals surface area (Å²) in [6.45, 7) is 5.74. The van der Waals surface area contributed by atoms with Gasteiger partial charge in [-0.15, -0.1) is 0 Å². The molecule has 1 aromatic rings. The molecule has 1 aliphatic heterocycles. The van der Waals surface area contributed by atoms with Gasteiger partial charge in [-0.1, -0.05) is 25.5 Å². The van der Waals surface area contributed by atoms with Crippen molar-refractivity contribution < 1.29 is 4.74 Å². The molecule has 0 aromatic heterocycles. The third-order valence-electron chi connectivity index (χ3n) is 3.04. The normalized spacial score (nSPS) is 20.2. The Morgan fingerprint density at radius 2 is 2.18 bits per heavy atom. The Bertz CT molecular complexity index is 317. The van der Waals surface area contributed by atoms with Crippen LogP contribution in [0.2, 0.25) is 0 Å². The molecule has 0 aliphatic carbocycles. The summed E-state index contributed by atoms with van der Waals surface area (Å²) in [5.41, 5.74) is 2.61. The predicted molar refractivity (Wildman–Crippen MR) is 71.5 cm³/mol. The second kappa shape index (κ2) is 6.62. The van der Waals surface area contributed by atoms with Crippen LogP contribution < -0.4 is 10.6 Å². The maximum atomic E-state index is 5.42. The minimum absolute atomic E-state index is 0.430. The van der Waals surface area contributed by atoms with Crippen molar-refractivity contribution in [2.24, 2.45) is 0 Å². The van der Waals surface area contributed by atoms with Crippen LogP contribution in [0, 0.1) is 0 Å². The molecule has 1 aromatic carbocycles. The van der Waals surface area contributed by atoms with Gasteiger partial charge in [-0.3, -0.25) is 0 Å². The first-order valence-corrected chi connectivity index (χ1v) is 6.52. The van der Waals surface area contributed by atoms with Gasteiger partial charge >= 0.3 is 0 Å². The van der Waals surface area contributed by atoms with Gasteiger partial charge in [0.25, 0.3) is 0 Å². The molecule has 94 valence electrons. The second-order valence-corrected chi connectivity index (χ2v) is 4.55. The Balaban J connectivity index is 1.77. The van der Waals surface area contributed by atoms with Gasteiger partial charge in [0.1, 0.15) is 0 Å². The molecule has 1 heterocycles. The van der Waals surface area contributed by atoms with E-state index in [1.54, 1.807) is 0 Å². The standard InChI is InChI=1S/C14H22N2O/c1-2-3-12-4-6-13(7-5-12)16-10-14-11-17-9-8-15-14/h4-7,14-16H,2-3,8-11H2,1H3. The minimum atomic E-state index is 0.430. The zero-order valence-corrected chi connectivity index (χ0v) is 10.5. The van der Waals surface area contributed by atoms with E-state index in [1.807, 2.05) is 0 Å². The molecule has 2 N–H and O–H groups in total. The monoisotopic (exact) mass is 234 g/mol. The van der Waals surface area contributed by atoms with Crippen molar-refractivity contribution in [1.29, 1.82) is 0 Å². The third-order valence-corrected chi connectivity index (χ3v) is 3.04. The zero-order chi connectivity index (χ0) is 11.9. The van der Waals surface area contributed by atoms with Crippen molar-refractivity contribution >= 4 is 5.69 Å². The highest BCUT2D eigenvalue weighted by Crippen LogP contribution is 2.11. The lowest BCUT2D eigenvalue weighted by atomic mass is 10.1. The molecule has 1 atom stereocenters. The summed E-state index contributed by atoms with van der Waals surface area (Å²) in [6, 6.07) is 9.16. The van der Waals surface area contributed by atoms with Crippen LogP contribution in [0.5, 0.6) is 0 Å². The molecule has 17 heavy (non-hydrogen) atoms. The number of ether oxygens (including phenoxy) is 1. The fraction of sp³-hybridized carbons (Fsp3) is 0.571. The van der Waals surface area contributed by atoms with Gasteiger partial charge in [-0.25, -0.2) is 0 Å². The van der Waals surface area contributed by atoms with E-state index in [9.17, 15) is 0 Å². The van der Waals surface area contributed by atoms with Crippen molar-refractivity contribution in [3.63, 3.8) is 0 Å². The SMILES string of the molecule is CCCc1ccc(NCC2COCCN2)cc1. The number of morpholine rings is 1. The van der Waals surface area contributed by atoms with Gasteiger partial charge in [-0.05, 0) is 24.1 Å². The molecule has 3 nitrogen and oxygen atoms in total. The molecule has 1 saturated heterocycles. The average molecular weight is 234 g/mol. The van der Waals surface area contributed by atoms with E-state index in [0.29, 0.717) is 6.04 Å². The Kier molecular flexibility index (Phi) is 4.83. The Morgan fingerprint density at radius 1 is 1.35 bits per heavy atom. The largest absolute Gasteiger partial charge is 0.383 e. The van der Waals surface area contributed by atoms with Crippen LogP contribution in [0.1, 0.15) is 18.9 Å². The highest BCUT2D eigenvalue weighted by molar-refractivity contribution is 5.44. The van der Waals surface area contributed by atoms with Crippen molar-refractivity contribution in [3.8, 4) is 0 Å². The fourth-order valence-electron chi connectivity index (χ4n) is 2.07. The summed E-state index contributed by atoms with van der Waals surface area (Å²) in [4.78, 5) is 0. The van der Waals surface area contributed by atoms with Gasteiger partial charge in [-0.2, -0.15) is 0 Å². The lowest BCUT2D eigenvalue weighted by molar-refractivity contribution is 0.0806. The van der Waals surface area contributed by atoms with Crippen LogP contribution in [-0.2, 0) is 11.2 Å². The summed E-state index contributed by atoms with van der Waals surface area (Å²) in [6.07, 6.45) is 2.37. The molecule has 0 bridgehead atoms. The first kappa shape index (κ1) is 12.4. The second-order valence-electron chi connectivity index (χ2n) is 4.55. The molecule has 0 amide bonds. The van der Waals surface area contributed by atoms with Crippen molar-refractivity contribution in [3.05, 3.63) is 29.8 Å². The predicted octanol–water partition coefficient (Wildman–Crippen LogP) is 2.04. The number of nitrogens with one attached hydrogen (secondary N) is 2. The topological polar surface area (TPSA) is 33.3 Å². The first-order valence-electron chi connectivity index (χ1n) is 6.52. The highest BCUT2D eigenvalue weighted by atomic mass is 16.5. The summed E-state index contributed by atoms with van der Waals surface area (Å²) in [5, 5.41) is 6.87. The molecule has 1 aliphatic rings. The smallest absolute Gasteiger partial charge is 0.0637 e. The first-order chi connectivity index (χ1) is 8.38. The van der Waals surface area contributed by atoms with E-state index in [2.05, 4.69) is 41.8 Å². The van der Waals surface area contributed by atoms with Gasteiger partial charge < -0.3 is 15.4 Å². The highest BCUT2D eigenvalue weighted by Gasteiger charge is 2.11. The van der Waals surface area contributed by atoms with E-state index in [-0.39, 0.29) is 0 Å². The van der Waals surface area contributed by atoms with Gasteiger partial charge in [0.15, 0.2) is 0 Å². The van der Waals surface area contributed by atoms with Crippen LogP contribution in [0.15, 0.2) is 24.3 Å². The molecule has 3 heteroatoms. The number of hydrogen-bond acceptors (Lipinski definition) is 3. The number of aryl methyl sites for hydroxylation is 1. The zero-order valence-electron chi connectivity index (χ0n) is 10.5. The Labute approximate surface area is 104 Å². The molecule has 0 spiro atoms. The lowest BCUT2D eigenvalue weighted by Crippen LogP contribution is -2.45. The van der Waals surface area contributed by atoms with Crippen LogP contribution in [0.25, 0.3) is 0 Å². The molecular weight excluding hydrogens is 212 g/mol. The maximum absolute atomic E-state index is 5.42. The summed E-state index contributed by atoms with van der Waals surface area (Å²) in [7, 11) is 0. The maximum Gasteiger partial charge on any atom is 0.0637 e. The Morgan fingerprint density at radius 3 is 2.82 bits per heavy atom. The third kappa shape index (κ3) is 4.02. The molecule has 2 rings (SSSR count). The van der Waals surface area contributed by atoms with E-state index in [1.165, 1.54) is 17.7 Å². The molecule has 0 radical (unpaired) electrons. The number of hydrogen-bond donors (Lipinski definition) is 2.